The van der Waals surface area contributed by atoms with Crippen molar-refractivity contribution in [2.45, 2.75) is 25.8 Å². The highest BCUT2D eigenvalue weighted by Gasteiger charge is 2.30. The van der Waals surface area contributed by atoms with Gasteiger partial charge in [-0.3, -0.25) is 4.79 Å². The Bertz CT molecular complexity index is 1030. The Morgan fingerprint density at radius 2 is 1.66 bits per heavy atom. The van der Waals surface area contributed by atoms with Crippen LogP contribution in [0, 0.1) is 0 Å². The minimum atomic E-state index is -0.473. The summed E-state index contributed by atoms with van der Waals surface area (Å²) in [6.45, 7) is 3.74. The van der Waals surface area contributed by atoms with E-state index in [1.54, 1.807) is 6.92 Å². The van der Waals surface area contributed by atoms with Gasteiger partial charge in [-0.2, -0.15) is 0 Å². The SMILES string of the molecule is CCOC(=O)c1c(NC(=O)C(c2ccccc2)c2ccccc2)sc2c1CCN(C)C2.Cl. The Kier molecular flexibility index (Phi) is 8.07. The summed E-state index contributed by atoms with van der Waals surface area (Å²) in [5.74, 6) is -0.995. The molecule has 0 unspecified atom stereocenters. The lowest BCUT2D eigenvalue weighted by molar-refractivity contribution is -0.116. The molecule has 0 aliphatic carbocycles. The predicted molar refractivity (Wildman–Crippen MR) is 131 cm³/mol. The number of benzene rings is 2. The zero-order valence-electron chi connectivity index (χ0n) is 18.2. The molecular weight excluding hydrogens is 444 g/mol. The molecule has 3 aromatic rings. The van der Waals surface area contributed by atoms with Crippen molar-refractivity contribution in [1.82, 2.24) is 4.90 Å². The van der Waals surface area contributed by atoms with Gasteiger partial charge in [0.2, 0.25) is 5.91 Å². The summed E-state index contributed by atoms with van der Waals surface area (Å²) in [6.07, 6.45) is 0.771. The Balaban J connectivity index is 0.00000289. The third-order valence-electron chi connectivity index (χ3n) is 5.49. The van der Waals surface area contributed by atoms with Crippen LogP contribution in [0.4, 0.5) is 5.00 Å². The van der Waals surface area contributed by atoms with E-state index < -0.39 is 5.92 Å². The molecule has 0 saturated carbocycles. The number of halogens is 1. The number of carbonyl (C=O) groups is 2. The van der Waals surface area contributed by atoms with E-state index >= 15 is 0 Å². The molecule has 0 fully saturated rings. The maximum absolute atomic E-state index is 13.6. The molecule has 1 aliphatic rings. The number of thiophene rings is 1. The Morgan fingerprint density at radius 1 is 1.06 bits per heavy atom. The number of rotatable bonds is 6. The largest absolute Gasteiger partial charge is 0.462 e. The second-order valence-electron chi connectivity index (χ2n) is 7.66. The summed E-state index contributed by atoms with van der Waals surface area (Å²) >= 11 is 1.48. The maximum Gasteiger partial charge on any atom is 0.341 e. The van der Waals surface area contributed by atoms with Crippen LogP contribution in [0.25, 0.3) is 0 Å². The molecule has 0 bridgehead atoms. The quantitative estimate of drug-likeness (QED) is 0.509. The van der Waals surface area contributed by atoms with Crippen LogP contribution < -0.4 is 5.32 Å². The standard InChI is InChI=1S/C25H26N2O3S.ClH/c1-3-30-25(29)22-19-14-15-27(2)16-20(19)31-24(22)26-23(28)21(17-10-6-4-7-11-17)18-12-8-5-9-13-18;/h4-13,21H,3,14-16H2,1-2H3,(H,26,28);1H. The molecule has 2 aromatic carbocycles. The van der Waals surface area contributed by atoms with Crippen molar-refractivity contribution in [3.63, 3.8) is 0 Å². The van der Waals surface area contributed by atoms with E-state index in [0.717, 1.165) is 41.1 Å². The maximum atomic E-state index is 13.6. The van der Waals surface area contributed by atoms with Gasteiger partial charge in [-0.1, -0.05) is 60.7 Å². The molecule has 4 rings (SSSR count). The number of hydrogen-bond donors (Lipinski definition) is 1. The zero-order chi connectivity index (χ0) is 21.8. The molecule has 5 nitrogen and oxygen atoms in total. The Labute approximate surface area is 198 Å². The van der Waals surface area contributed by atoms with Crippen molar-refractivity contribution in [3.8, 4) is 0 Å². The number of amides is 1. The first kappa shape index (κ1) is 24.0. The van der Waals surface area contributed by atoms with Gasteiger partial charge in [0.1, 0.15) is 5.00 Å². The zero-order valence-corrected chi connectivity index (χ0v) is 19.8. The first-order chi connectivity index (χ1) is 15.1. The average Bonchev–Trinajstić information content (AvgIpc) is 3.12. The van der Waals surface area contributed by atoms with Crippen LogP contribution in [0.1, 0.15) is 44.8 Å². The van der Waals surface area contributed by atoms with Crippen molar-refractivity contribution in [3.05, 3.63) is 87.8 Å². The molecule has 1 N–H and O–H groups in total. The molecule has 0 spiro atoms. The molecule has 1 amide bonds. The lowest BCUT2D eigenvalue weighted by atomic mass is 9.90. The Hall–Kier alpha value is -2.67. The minimum Gasteiger partial charge on any atom is -0.462 e. The van der Waals surface area contributed by atoms with Crippen LogP contribution in [-0.4, -0.2) is 37.0 Å². The summed E-state index contributed by atoms with van der Waals surface area (Å²) in [5.41, 5.74) is 3.34. The second-order valence-corrected chi connectivity index (χ2v) is 8.76. The van der Waals surface area contributed by atoms with Gasteiger partial charge in [0, 0.05) is 18.0 Å². The molecule has 1 aliphatic heterocycles. The van der Waals surface area contributed by atoms with Gasteiger partial charge >= 0.3 is 5.97 Å². The van der Waals surface area contributed by atoms with E-state index in [2.05, 4.69) is 17.3 Å². The molecule has 2 heterocycles. The number of likely N-dealkylation sites (N-methyl/N-ethyl adjacent to an activating group) is 1. The second kappa shape index (κ2) is 10.8. The number of anilines is 1. The number of esters is 1. The van der Waals surface area contributed by atoms with Gasteiger partial charge < -0.3 is 15.0 Å². The van der Waals surface area contributed by atoms with E-state index in [-0.39, 0.29) is 24.3 Å². The van der Waals surface area contributed by atoms with Crippen molar-refractivity contribution >= 4 is 40.6 Å². The van der Waals surface area contributed by atoms with Crippen LogP contribution >= 0.6 is 23.7 Å². The van der Waals surface area contributed by atoms with Crippen molar-refractivity contribution < 1.29 is 14.3 Å². The minimum absolute atomic E-state index is 0. The summed E-state index contributed by atoms with van der Waals surface area (Å²) in [7, 11) is 2.06. The number of nitrogens with one attached hydrogen (secondary N) is 1. The number of fused-ring (bicyclic) bond motifs is 1. The van der Waals surface area contributed by atoms with Gasteiger partial charge in [-0.15, -0.1) is 23.7 Å². The van der Waals surface area contributed by atoms with Gasteiger partial charge in [-0.05, 0) is 37.1 Å². The number of ether oxygens (including phenoxy) is 1. The number of nitrogens with zero attached hydrogens (tertiary/aromatic N) is 1. The molecule has 0 saturated heterocycles. The van der Waals surface area contributed by atoms with E-state index in [1.807, 2.05) is 60.7 Å². The van der Waals surface area contributed by atoms with E-state index in [0.29, 0.717) is 17.2 Å². The van der Waals surface area contributed by atoms with Crippen molar-refractivity contribution in [2.75, 3.05) is 25.5 Å². The molecule has 0 atom stereocenters. The predicted octanol–water partition coefficient (Wildman–Crippen LogP) is 5.11. The van der Waals surface area contributed by atoms with Gasteiger partial charge in [0.25, 0.3) is 0 Å². The van der Waals surface area contributed by atoms with Crippen molar-refractivity contribution in [1.29, 1.82) is 0 Å². The van der Waals surface area contributed by atoms with E-state index in [4.69, 9.17) is 4.74 Å². The summed E-state index contributed by atoms with van der Waals surface area (Å²) < 4.78 is 5.33. The third-order valence-corrected chi connectivity index (χ3v) is 6.62. The first-order valence-electron chi connectivity index (χ1n) is 10.5. The average molecular weight is 471 g/mol. The van der Waals surface area contributed by atoms with E-state index in [1.165, 1.54) is 11.3 Å². The summed E-state index contributed by atoms with van der Waals surface area (Å²) in [6, 6.07) is 19.4. The van der Waals surface area contributed by atoms with Crippen LogP contribution in [0.3, 0.4) is 0 Å². The number of hydrogen-bond acceptors (Lipinski definition) is 5. The molecule has 7 heteroatoms. The lowest BCUT2D eigenvalue weighted by Gasteiger charge is -2.22. The van der Waals surface area contributed by atoms with Crippen LogP contribution in [0.2, 0.25) is 0 Å². The number of carbonyl (C=O) groups excluding carboxylic acids is 2. The summed E-state index contributed by atoms with van der Waals surface area (Å²) in [4.78, 5) is 29.7. The van der Waals surface area contributed by atoms with Gasteiger partial charge in [0.15, 0.2) is 0 Å². The highest BCUT2D eigenvalue weighted by atomic mass is 35.5. The third kappa shape index (κ3) is 5.04. The molecule has 32 heavy (non-hydrogen) atoms. The van der Waals surface area contributed by atoms with Gasteiger partial charge in [-0.25, -0.2) is 4.79 Å². The van der Waals surface area contributed by atoms with Crippen LogP contribution in [0.5, 0.6) is 0 Å². The smallest absolute Gasteiger partial charge is 0.341 e. The molecular formula is C25H27ClN2O3S. The van der Waals surface area contributed by atoms with Gasteiger partial charge in [0.05, 0.1) is 18.1 Å². The molecule has 0 radical (unpaired) electrons. The molecule has 168 valence electrons. The summed E-state index contributed by atoms with van der Waals surface area (Å²) in [5, 5.41) is 3.66. The lowest BCUT2D eigenvalue weighted by Crippen LogP contribution is -2.26. The highest BCUT2D eigenvalue weighted by molar-refractivity contribution is 7.17. The normalized spacial score (nSPS) is 13.2. The highest BCUT2D eigenvalue weighted by Crippen LogP contribution is 2.38. The van der Waals surface area contributed by atoms with Crippen molar-refractivity contribution in [2.24, 2.45) is 0 Å². The molecule has 1 aromatic heterocycles. The van der Waals surface area contributed by atoms with Crippen LogP contribution in [0.15, 0.2) is 60.7 Å². The first-order valence-corrected chi connectivity index (χ1v) is 11.3. The fourth-order valence-corrected chi connectivity index (χ4v) is 5.33. The van der Waals surface area contributed by atoms with Crippen LogP contribution in [-0.2, 0) is 22.5 Å². The fraction of sp³-hybridized carbons (Fsp3) is 0.280. The monoisotopic (exact) mass is 470 g/mol. The fourth-order valence-electron chi connectivity index (χ4n) is 4.01. The topological polar surface area (TPSA) is 58.6 Å². The Morgan fingerprint density at radius 3 is 2.22 bits per heavy atom. The van der Waals surface area contributed by atoms with E-state index in [9.17, 15) is 9.59 Å².